The van der Waals surface area contributed by atoms with Crippen LogP contribution >= 0.6 is 0 Å². The predicted octanol–water partition coefficient (Wildman–Crippen LogP) is 3.73. The van der Waals surface area contributed by atoms with Gasteiger partial charge in [-0.25, -0.2) is 0 Å². The zero-order chi connectivity index (χ0) is 14.4. The summed E-state index contributed by atoms with van der Waals surface area (Å²) in [5, 5.41) is 3.67. The van der Waals surface area contributed by atoms with Crippen LogP contribution in [0.5, 0.6) is 11.5 Å². The van der Waals surface area contributed by atoms with Crippen LogP contribution < -0.4 is 14.8 Å². The number of benzene rings is 1. The Labute approximate surface area is 122 Å². The van der Waals surface area contributed by atoms with Gasteiger partial charge in [0.05, 0.1) is 14.2 Å². The molecule has 0 aliphatic heterocycles. The van der Waals surface area contributed by atoms with Crippen LogP contribution in [0, 0.1) is 0 Å². The van der Waals surface area contributed by atoms with E-state index in [-0.39, 0.29) is 0 Å². The standard InChI is InChI=1S/C17H27NO2/c1-4-10-18-14-7-5-6-13(11-14)16-9-8-15(19-2)12-17(16)20-3/h8-9,12-14,18H,4-7,10-11H2,1-3H3. The summed E-state index contributed by atoms with van der Waals surface area (Å²) >= 11 is 0. The second-order valence-electron chi connectivity index (χ2n) is 5.62. The van der Waals surface area contributed by atoms with Crippen LogP contribution in [-0.2, 0) is 0 Å². The first-order valence-electron chi connectivity index (χ1n) is 7.73. The molecule has 2 atom stereocenters. The van der Waals surface area contributed by atoms with Crippen molar-refractivity contribution in [3.8, 4) is 11.5 Å². The highest BCUT2D eigenvalue weighted by molar-refractivity contribution is 5.43. The first kappa shape index (κ1) is 15.2. The summed E-state index contributed by atoms with van der Waals surface area (Å²) in [6.07, 6.45) is 6.26. The van der Waals surface area contributed by atoms with Gasteiger partial charge in [-0.3, -0.25) is 0 Å². The Balaban J connectivity index is 2.09. The van der Waals surface area contributed by atoms with E-state index in [1.807, 2.05) is 12.1 Å². The summed E-state index contributed by atoms with van der Waals surface area (Å²) in [5.41, 5.74) is 1.33. The van der Waals surface area contributed by atoms with E-state index in [0.717, 1.165) is 18.0 Å². The largest absolute Gasteiger partial charge is 0.497 e. The number of rotatable bonds is 6. The zero-order valence-corrected chi connectivity index (χ0v) is 12.9. The topological polar surface area (TPSA) is 30.5 Å². The van der Waals surface area contributed by atoms with E-state index in [1.165, 1.54) is 37.7 Å². The molecule has 3 nitrogen and oxygen atoms in total. The molecule has 1 aromatic rings. The highest BCUT2D eigenvalue weighted by atomic mass is 16.5. The van der Waals surface area contributed by atoms with Gasteiger partial charge >= 0.3 is 0 Å². The van der Waals surface area contributed by atoms with Gasteiger partial charge in [0, 0.05) is 12.1 Å². The van der Waals surface area contributed by atoms with Crippen LogP contribution in [0.4, 0.5) is 0 Å². The number of methoxy groups -OCH3 is 2. The first-order chi connectivity index (χ1) is 9.78. The molecule has 0 bridgehead atoms. The first-order valence-corrected chi connectivity index (χ1v) is 7.73. The maximum atomic E-state index is 5.56. The van der Waals surface area contributed by atoms with E-state index >= 15 is 0 Å². The molecule has 0 spiro atoms. The van der Waals surface area contributed by atoms with Crippen LogP contribution in [0.15, 0.2) is 18.2 Å². The summed E-state index contributed by atoms with van der Waals surface area (Å²) in [4.78, 5) is 0. The van der Waals surface area contributed by atoms with Crippen molar-refractivity contribution in [1.29, 1.82) is 0 Å². The number of hydrogen-bond acceptors (Lipinski definition) is 3. The predicted molar refractivity (Wildman–Crippen MR) is 82.8 cm³/mol. The summed E-state index contributed by atoms with van der Waals surface area (Å²) in [6, 6.07) is 6.87. The molecule has 0 radical (unpaired) electrons. The average molecular weight is 277 g/mol. The molecule has 0 amide bonds. The van der Waals surface area contributed by atoms with E-state index in [2.05, 4.69) is 18.3 Å². The van der Waals surface area contributed by atoms with Gasteiger partial charge in [-0.2, -0.15) is 0 Å². The van der Waals surface area contributed by atoms with Crippen molar-refractivity contribution in [2.45, 2.75) is 51.0 Å². The Morgan fingerprint density at radius 1 is 1.20 bits per heavy atom. The molecule has 20 heavy (non-hydrogen) atoms. The third kappa shape index (κ3) is 3.66. The molecule has 1 saturated carbocycles. The van der Waals surface area contributed by atoms with Gasteiger partial charge in [0.1, 0.15) is 11.5 Å². The van der Waals surface area contributed by atoms with E-state index in [9.17, 15) is 0 Å². The average Bonchev–Trinajstić information content (AvgIpc) is 2.52. The van der Waals surface area contributed by atoms with Crippen LogP contribution in [-0.4, -0.2) is 26.8 Å². The van der Waals surface area contributed by atoms with E-state index in [0.29, 0.717) is 12.0 Å². The van der Waals surface area contributed by atoms with Gasteiger partial charge in [0.15, 0.2) is 0 Å². The smallest absolute Gasteiger partial charge is 0.126 e. The minimum absolute atomic E-state index is 0.596. The quantitative estimate of drug-likeness (QED) is 0.859. The highest BCUT2D eigenvalue weighted by Gasteiger charge is 2.25. The maximum absolute atomic E-state index is 5.56. The van der Waals surface area contributed by atoms with Crippen LogP contribution in [0.3, 0.4) is 0 Å². The van der Waals surface area contributed by atoms with Crippen molar-refractivity contribution < 1.29 is 9.47 Å². The molecule has 3 heteroatoms. The molecular formula is C17H27NO2. The molecule has 0 saturated heterocycles. The summed E-state index contributed by atoms with van der Waals surface area (Å²) in [6.45, 7) is 3.34. The molecular weight excluding hydrogens is 250 g/mol. The Hall–Kier alpha value is -1.22. The fourth-order valence-electron chi connectivity index (χ4n) is 3.16. The van der Waals surface area contributed by atoms with Gasteiger partial charge in [0.2, 0.25) is 0 Å². The molecule has 1 N–H and O–H groups in total. The van der Waals surface area contributed by atoms with Crippen molar-refractivity contribution in [1.82, 2.24) is 5.32 Å². The van der Waals surface area contributed by atoms with Crippen LogP contribution in [0.2, 0.25) is 0 Å². The van der Waals surface area contributed by atoms with Gasteiger partial charge in [0.25, 0.3) is 0 Å². The van der Waals surface area contributed by atoms with Crippen molar-refractivity contribution in [3.05, 3.63) is 23.8 Å². The minimum Gasteiger partial charge on any atom is -0.497 e. The van der Waals surface area contributed by atoms with E-state index < -0.39 is 0 Å². The Kier molecular flexibility index (Phi) is 5.72. The molecule has 112 valence electrons. The molecule has 2 unspecified atom stereocenters. The van der Waals surface area contributed by atoms with Crippen molar-refractivity contribution in [2.75, 3.05) is 20.8 Å². The highest BCUT2D eigenvalue weighted by Crippen LogP contribution is 2.39. The van der Waals surface area contributed by atoms with Crippen molar-refractivity contribution >= 4 is 0 Å². The fourth-order valence-corrected chi connectivity index (χ4v) is 3.16. The van der Waals surface area contributed by atoms with Gasteiger partial charge in [-0.05, 0) is 49.8 Å². The monoisotopic (exact) mass is 277 g/mol. The van der Waals surface area contributed by atoms with Gasteiger partial charge in [-0.15, -0.1) is 0 Å². The number of ether oxygens (including phenoxy) is 2. The molecule has 1 aliphatic rings. The third-order valence-corrected chi connectivity index (χ3v) is 4.24. The zero-order valence-electron chi connectivity index (χ0n) is 12.9. The molecule has 1 fully saturated rings. The van der Waals surface area contributed by atoms with Crippen LogP contribution in [0.1, 0.15) is 50.5 Å². The van der Waals surface area contributed by atoms with Gasteiger partial charge < -0.3 is 14.8 Å². The van der Waals surface area contributed by atoms with Crippen molar-refractivity contribution in [2.24, 2.45) is 0 Å². The second kappa shape index (κ2) is 7.53. The van der Waals surface area contributed by atoms with E-state index in [4.69, 9.17) is 9.47 Å². The number of hydrogen-bond donors (Lipinski definition) is 1. The summed E-state index contributed by atoms with van der Waals surface area (Å²) < 4.78 is 10.8. The molecule has 1 aliphatic carbocycles. The summed E-state index contributed by atoms with van der Waals surface area (Å²) in [7, 11) is 3.44. The van der Waals surface area contributed by atoms with Crippen molar-refractivity contribution in [3.63, 3.8) is 0 Å². The fraction of sp³-hybridized carbons (Fsp3) is 0.647. The lowest BCUT2D eigenvalue weighted by Gasteiger charge is -2.31. The Bertz CT molecular complexity index is 419. The lowest BCUT2D eigenvalue weighted by molar-refractivity contribution is 0.329. The lowest BCUT2D eigenvalue weighted by atomic mass is 9.81. The number of nitrogens with one attached hydrogen (secondary N) is 1. The van der Waals surface area contributed by atoms with Crippen LogP contribution in [0.25, 0.3) is 0 Å². The normalized spacial score (nSPS) is 22.6. The van der Waals surface area contributed by atoms with Gasteiger partial charge in [-0.1, -0.05) is 19.4 Å². The Morgan fingerprint density at radius 3 is 2.75 bits per heavy atom. The SMILES string of the molecule is CCCNC1CCCC(c2ccc(OC)cc2OC)C1. The lowest BCUT2D eigenvalue weighted by Crippen LogP contribution is -2.34. The maximum Gasteiger partial charge on any atom is 0.126 e. The minimum atomic E-state index is 0.596. The molecule has 2 rings (SSSR count). The third-order valence-electron chi connectivity index (χ3n) is 4.24. The second-order valence-corrected chi connectivity index (χ2v) is 5.62. The Morgan fingerprint density at radius 2 is 2.05 bits per heavy atom. The molecule has 1 aromatic carbocycles. The van der Waals surface area contributed by atoms with E-state index in [1.54, 1.807) is 14.2 Å². The summed E-state index contributed by atoms with van der Waals surface area (Å²) in [5.74, 6) is 2.42. The molecule has 0 heterocycles. The molecule has 0 aromatic heterocycles.